The maximum Gasteiger partial charge on any atom is 0.152 e. The lowest BCUT2D eigenvalue weighted by molar-refractivity contribution is -0.955. The molecule has 0 aromatic rings. The number of likely N-dealkylation sites (N-methyl/N-ethyl adjacent to an activating group) is 1. The number of nitrogens with zero attached hydrogens (tertiary/aromatic N) is 1. The molecule has 0 bridgehead atoms. The van der Waals surface area contributed by atoms with Gasteiger partial charge in [-0.05, 0) is 6.42 Å². The minimum absolute atomic E-state index is 0. The van der Waals surface area contributed by atoms with Crippen molar-refractivity contribution in [3.05, 3.63) is 0 Å². The molecule has 1 heterocycles. The minimum atomic E-state index is -0.0125. The van der Waals surface area contributed by atoms with E-state index in [2.05, 4.69) is 14.0 Å². The molecule has 1 saturated heterocycles. The third kappa shape index (κ3) is 2.11. The van der Waals surface area contributed by atoms with E-state index in [-0.39, 0.29) is 18.5 Å². The van der Waals surface area contributed by atoms with E-state index >= 15 is 0 Å². The second-order valence-electron chi connectivity index (χ2n) is 3.36. The molecular weight excluding hydrogens is 150 g/mol. The van der Waals surface area contributed by atoms with E-state index < -0.39 is 0 Å². The SMILES string of the molecule is CCC[N+]1(C)CC(O)C1.[Cl-]. The molecule has 62 valence electrons. The molecule has 0 aromatic carbocycles. The molecule has 1 fully saturated rings. The van der Waals surface area contributed by atoms with Gasteiger partial charge in [-0.3, -0.25) is 0 Å². The summed E-state index contributed by atoms with van der Waals surface area (Å²) in [5.74, 6) is 0. The molecule has 0 saturated carbocycles. The van der Waals surface area contributed by atoms with E-state index in [0.29, 0.717) is 0 Å². The number of quaternary nitrogens is 1. The van der Waals surface area contributed by atoms with Crippen molar-refractivity contribution < 1.29 is 22.0 Å². The van der Waals surface area contributed by atoms with E-state index in [1.807, 2.05) is 0 Å². The fraction of sp³-hybridized carbons (Fsp3) is 1.00. The summed E-state index contributed by atoms with van der Waals surface area (Å²) in [6, 6.07) is 0. The fourth-order valence-electron chi connectivity index (χ4n) is 1.69. The Morgan fingerprint density at radius 1 is 1.50 bits per heavy atom. The Balaban J connectivity index is 0.000000810. The maximum atomic E-state index is 8.99. The Morgan fingerprint density at radius 3 is 2.30 bits per heavy atom. The van der Waals surface area contributed by atoms with Crippen LogP contribution in [0, 0.1) is 0 Å². The van der Waals surface area contributed by atoms with Crippen LogP contribution in [-0.2, 0) is 0 Å². The van der Waals surface area contributed by atoms with Gasteiger partial charge in [-0.25, -0.2) is 0 Å². The summed E-state index contributed by atoms with van der Waals surface area (Å²) in [7, 11) is 2.20. The van der Waals surface area contributed by atoms with Crippen LogP contribution < -0.4 is 12.4 Å². The molecule has 3 heteroatoms. The van der Waals surface area contributed by atoms with Crippen molar-refractivity contribution in [2.45, 2.75) is 19.4 Å². The van der Waals surface area contributed by atoms with E-state index in [1.165, 1.54) is 13.0 Å². The number of aliphatic hydroxyl groups is 1. The van der Waals surface area contributed by atoms with Crippen molar-refractivity contribution in [2.24, 2.45) is 0 Å². The summed E-state index contributed by atoms with van der Waals surface area (Å²) >= 11 is 0. The molecule has 2 nitrogen and oxygen atoms in total. The molecule has 1 rings (SSSR count). The number of aliphatic hydroxyl groups excluding tert-OH is 1. The molecule has 1 aliphatic heterocycles. The van der Waals surface area contributed by atoms with Crippen LogP contribution in [-0.4, -0.2) is 42.4 Å². The molecule has 10 heavy (non-hydrogen) atoms. The minimum Gasteiger partial charge on any atom is -1.00 e. The first kappa shape index (κ1) is 10.2. The van der Waals surface area contributed by atoms with Gasteiger partial charge in [0.25, 0.3) is 0 Å². The summed E-state index contributed by atoms with van der Waals surface area (Å²) in [5.41, 5.74) is 0. The Labute approximate surface area is 68.8 Å². The van der Waals surface area contributed by atoms with Crippen molar-refractivity contribution in [1.29, 1.82) is 0 Å². The second kappa shape index (κ2) is 3.56. The highest BCUT2D eigenvalue weighted by molar-refractivity contribution is 4.63. The zero-order valence-electron chi connectivity index (χ0n) is 6.68. The number of halogens is 1. The molecule has 0 aromatic heterocycles. The van der Waals surface area contributed by atoms with Crippen LogP contribution in [0.3, 0.4) is 0 Å². The van der Waals surface area contributed by atoms with Gasteiger partial charge in [-0.15, -0.1) is 0 Å². The lowest BCUT2D eigenvalue weighted by Gasteiger charge is -2.45. The van der Waals surface area contributed by atoms with Crippen molar-refractivity contribution >= 4 is 0 Å². The smallest absolute Gasteiger partial charge is 0.152 e. The van der Waals surface area contributed by atoms with E-state index in [9.17, 15) is 0 Å². The van der Waals surface area contributed by atoms with Crippen LogP contribution in [0.1, 0.15) is 13.3 Å². The lowest BCUT2D eigenvalue weighted by atomic mass is 10.1. The fourth-order valence-corrected chi connectivity index (χ4v) is 1.69. The van der Waals surface area contributed by atoms with Crippen LogP contribution in [0.5, 0.6) is 0 Å². The summed E-state index contributed by atoms with van der Waals surface area (Å²) in [4.78, 5) is 0. The molecule has 0 aliphatic carbocycles. The number of rotatable bonds is 2. The molecular formula is C7H16ClNO. The zero-order chi connectivity index (χ0) is 6.91. The number of hydrogen-bond acceptors (Lipinski definition) is 1. The summed E-state index contributed by atoms with van der Waals surface area (Å²) in [6.07, 6.45) is 1.21. The standard InChI is InChI=1S/C7H16NO.ClH/c1-3-4-8(2)5-7(9)6-8;/h7,9H,3-6H2,1-2H3;1H/q+1;/p-1. The van der Waals surface area contributed by atoms with Crippen LogP contribution >= 0.6 is 0 Å². The predicted octanol–water partition coefficient (Wildman–Crippen LogP) is -2.78. The van der Waals surface area contributed by atoms with Crippen LogP contribution in [0.25, 0.3) is 0 Å². The van der Waals surface area contributed by atoms with Crippen molar-refractivity contribution in [2.75, 3.05) is 26.7 Å². The quantitative estimate of drug-likeness (QED) is 0.439. The maximum absolute atomic E-state index is 8.99. The Hall–Kier alpha value is 0.210. The Morgan fingerprint density at radius 2 is 2.00 bits per heavy atom. The molecule has 0 unspecified atom stereocenters. The molecule has 0 radical (unpaired) electrons. The van der Waals surface area contributed by atoms with Crippen LogP contribution in [0.4, 0.5) is 0 Å². The molecule has 0 atom stereocenters. The van der Waals surface area contributed by atoms with Crippen molar-refractivity contribution in [3.63, 3.8) is 0 Å². The lowest BCUT2D eigenvalue weighted by Crippen LogP contribution is -3.00. The summed E-state index contributed by atoms with van der Waals surface area (Å²) in [5, 5.41) is 8.99. The monoisotopic (exact) mass is 165 g/mol. The highest BCUT2D eigenvalue weighted by Crippen LogP contribution is 2.16. The van der Waals surface area contributed by atoms with Crippen LogP contribution in [0.15, 0.2) is 0 Å². The summed E-state index contributed by atoms with van der Waals surface area (Å²) < 4.78 is 1.08. The van der Waals surface area contributed by atoms with Gasteiger partial charge in [-0.2, -0.15) is 0 Å². The van der Waals surface area contributed by atoms with Gasteiger partial charge in [0.05, 0.1) is 13.6 Å². The highest BCUT2D eigenvalue weighted by atomic mass is 35.5. The van der Waals surface area contributed by atoms with Gasteiger partial charge in [0.1, 0.15) is 13.1 Å². The molecule has 0 spiro atoms. The average Bonchev–Trinajstić information content (AvgIpc) is 1.62. The zero-order valence-corrected chi connectivity index (χ0v) is 7.43. The van der Waals surface area contributed by atoms with Gasteiger partial charge in [0, 0.05) is 0 Å². The average molecular weight is 166 g/mol. The van der Waals surface area contributed by atoms with Gasteiger partial charge in [0.2, 0.25) is 0 Å². The number of likely N-dealkylation sites (tertiary alicyclic amines) is 1. The third-order valence-electron chi connectivity index (χ3n) is 2.07. The van der Waals surface area contributed by atoms with Gasteiger partial charge >= 0.3 is 0 Å². The van der Waals surface area contributed by atoms with E-state index in [4.69, 9.17) is 5.11 Å². The normalized spacial score (nSPS) is 38.1. The largest absolute Gasteiger partial charge is 1.00 e. The highest BCUT2D eigenvalue weighted by Gasteiger charge is 2.37. The second-order valence-corrected chi connectivity index (χ2v) is 3.36. The first-order valence-electron chi connectivity index (χ1n) is 3.68. The van der Waals surface area contributed by atoms with Crippen molar-refractivity contribution in [3.8, 4) is 0 Å². The van der Waals surface area contributed by atoms with Gasteiger partial charge in [0.15, 0.2) is 6.10 Å². The first-order valence-corrected chi connectivity index (χ1v) is 3.68. The summed E-state index contributed by atoms with van der Waals surface area (Å²) in [6.45, 7) is 5.34. The molecule has 1 aliphatic rings. The first-order chi connectivity index (χ1) is 4.16. The molecule has 1 N–H and O–H groups in total. The Kier molecular flexibility index (Phi) is 3.63. The number of hydrogen-bond donors (Lipinski definition) is 1. The third-order valence-corrected chi connectivity index (χ3v) is 2.07. The van der Waals surface area contributed by atoms with Gasteiger partial charge < -0.3 is 22.0 Å². The van der Waals surface area contributed by atoms with E-state index in [0.717, 1.165) is 17.6 Å². The van der Waals surface area contributed by atoms with Crippen LogP contribution in [0.2, 0.25) is 0 Å². The van der Waals surface area contributed by atoms with Gasteiger partial charge in [-0.1, -0.05) is 6.92 Å². The van der Waals surface area contributed by atoms with E-state index in [1.54, 1.807) is 0 Å². The molecule has 0 amide bonds. The van der Waals surface area contributed by atoms with Crippen molar-refractivity contribution in [1.82, 2.24) is 0 Å². The Bertz CT molecular complexity index is 96.3. The predicted molar refractivity (Wildman–Crippen MR) is 37.1 cm³/mol. The topological polar surface area (TPSA) is 20.2 Å².